The molecule has 0 bridgehead atoms. The first-order valence-electron chi connectivity index (χ1n) is 8.07. The van der Waals surface area contributed by atoms with Crippen molar-refractivity contribution in [2.24, 2.45) is 0 Å². The third-order valence-electron chi connectivity index (χ3n) is 4.80. The first kappa shape index (κ1) is 17.7. The molecular formula is C17H19F3N2O3. The Bertz CT molecular complexity index is 669. The van der Waals surface area contributed by atoms with E-state index in [1.807, 2.05) is 0 Å². The highest BCUT2D eigenvalue weighted by Gasteiger charge is 2.55. The third-order valence-corrected chi connectivity index (χ3v) is 4.80. The molecule has 25 heavy (non-hydrogen) atoms. The number of halogens is 3. The molecule has 8 heteroatoms. The van der Waals surface area contributed by atoms with E-state index in [9.17, 15) is 22.8 Å². The predicted octanol–water partition coefficient (Wildman–Crippen LogP) is 1.75. The molecule has 1 spiro atoms. The normalized spacial score (nSPS) is 20.5. The fourth-order valence-electron chi connectivity index (χ4n) is 3.19. The Kier molecular flexibility index (Phi) is 4.49. The number of carbonyl (C=O) groups excluding carboxylic acids is 2. The summed E-state index contributed by atoms with van der Waals surface area (Å²) in [5.74, 6) is -0.702. The topological polar surface area (TPSA) is 58.6 Å². The van der Waals surface area contributed by atoms with Crippen molar-refractivity contribution in [1.29, 1.82) is 0 Å². The lowest BCUT2D eigenvalue weighted by atomic mass is 10.0. The first-order chi connectivity index (χ1) is 11.8. The van der Waals surface area contributed by atoms with Crippen molar-refractivity contribution in [3.05, 3.63) is 35.4 Å². The van der Waals surface area contributed by atoms with Gasteiger partial charge in [-0.2, -0.15) is 13.2 Å². The average Bonchev–Trinajstić information content (AvgIpc) is 3.35. The highest BCUT2D eigenvalue weighted by Crippen LogP contribution is 2.39. The van der Waals surface area contributed by atoms with Gasteiger partial charge in [0.1, 0.15) is 6.04 Å². The molecule has 1 saturated heterocycles. The number of nitrogens with one attached hydrogen (secondary N) is 1. The van der Waals surface area contributed by atoms with Gasteiger partial charge in [0, 0.05) is 19.5 Å². The Morgan fingerprint density at radius 3 is 2.48 bits per heavy atom. The van der Waals surface area contributed by atoms with Gasteiger partial charge in [0.2, 0.25) is 5.91 Å². The van der Waals surface area contributed by atoms with Crippen LogP contribution in [0.2, 0.25) is 0 Å². The zero-order valence-corrected chi connectivity index (χ0v) is 13.7. The van der Waals surface area contributed by atoms with Crippen LogP contribution in [0.4, 0.5) is 13.2 Å². The maximum atomic E-state index is 12.7. The zero-order chi connectivity index (χ0) is 18.2. The van der Waals surface area contributed by atoms with Gasteiger partial charge < -0.3 is 15.0 Å². The van der Waals surface area contributed by atoms with Crippen LogP contribution >= 0.6 is 0 Å². The molecule has 1 heterocycles. The predicted molar refractivity (Wildman–Crippen MR) is 82.6 cm³/mol. The smallest absolute Gasteiger partial charge is 0.416 e. The second kappa shape index (κ2) is 6.33. The largest absolute Gasteiger partial charge is 0.467 e. The summed E-state index contributed by atoms with van der Waals surface area (Å²) in [6, 6.07) is 3.78. The maximum Gasteiger partial charge on any atom is 0.416 e. The van der Waals surface area contributed by atoms with Gasteiger partial charge >= 0.3 is 12.1 Å². The second-order valence-electron chi connectivity index (χ2n) is 6.45. The Labute approximate surface area is 143 Å². The number of amides is 1. The van der Waals surface area contributed by atoms with Crippen LogP contribution in [0.1, 0.15) is 24.0 Å². The summed E-state index contributed by atoms with van der Waals surface area (Å²) >= 11 is 0. The summed E-state index contributed by atoms with van der Waals surface area (Å²) in [7, 11) is 1.24. The number of carbonyl (C=O) groups is 2. The number of methoxy groups -OCH3 is 1. The number of hydrogen-bond acceptors (Lipinski definition) is 4. The van der Waals surface area contributed by atoms with Crippen molar-refractivity contribution >= 4 is 11.9 Å². The monoisotopic (exact) mass is 356 g/mol. The van der Waals surface area contributed by atoms with Gasteiger partial charge in [-0.1, -0.05) is 12.1 Å². The van der Waals surface area contributed by atoms with Crippen LogP contribution in [0, 0.1) is 0 Å². The lowest BCUT2D eigenvalue weighted by Gasteiger charge is -2.37. The van der Waals surface area contributed by atoms with Gasteiger partial charge in [0.25, 0.3) is 0 Å². The van der Waals surface area contributed by atoms with Crippen molar-refractivity contribution in [2.75, 3.05) is 20.2 Å². The number of nitrogens with zero attached hydrogens (tertiary/aromatic N) is 1. The Morgan fingerprint density at radius 2 is 1.96 bits per heavy atom. The molecule has 1 N–H and O–H groups in total. The van der Waals surface area contributed by atoms with Gasteiger partial charge in [-0.15, -0.1) is 0 Å². The number of hydrogen-bond donors (Lipinski definition) is 1. The van der Waals surface area contributed by atoms with Crippen LogP contribution in [-0.4, -0.2) is 48.6 Å². The second-order valence-corrected chi connectivity index (χ2v) is 6.45. The lowest BCUT2D eigenvalue weighted by molar-refractivity contribution is -0.155. The quantitative estimate of drug-likeness (QED) is 0.836. The Morgan fingerprint density at radius 1 is 1.32 bits per heavy atom. The molecule has 0 aromatic heterocycles. The molecule has 1 aromatic rings. The van der Waals surface area contributed by atoms with E-state index in [-0.39, 0.29) is 12.3 Å². The number of rotatable bonds is 4. The van der Waals surface area contributed by atoms with E-state index in [2.05, 4.69) is 5.32 Å². The van der Waals surface area contributed by atoms with E-state index in [1.54, 1.807) is 0 Å². The summed E-state index contributed by atoms with van der Waals surface area (Å²) < 4.78 is 42.8. The van der Waals surface area contributed by atoms with E-state index in [0.717, 1.165) is 25.0 Å². The van der Waals surface area contributed by atoms with E-state index in [1.165, 1.54) is 24.1 Å². The highest BCUT2D eigenvalue weighted by molar-refractivity contribution is 5.93. The summed E-state index contributed by atoms with van der Waals surface area (Å²) in [5, 5.41) is 3.18. The number of ether oxygens (including phenoxy) is 1. The van der Waals surface area contributed by atoms with Crippen LogP contribution < -0.4 is 5.32 Å². The van der Waals surface area contributed by atoms with Crippen LogP contribution in [0.3, 0.4) is 0 Å². The molecule has 136 valence electrons. The molecule has 1 aliphatic heterocycles. The molecule has 2 fully saturated rings. The number of benzene rings is 1. The minimum atomic E-state index is -4.41. The van der Waals surface area contributed by atoms with Gasteiger partial charge in [-0.25, -0.2) is 4.79 Å². The Hall–Kier alpha value is -2.09. The number of alkyl halides is 3. The molecule has 5 nitrogen and oxygen atoms in total. The fourth-order valence-corrected chi connectivity index (χ4v) is 3.19. The minimum absolute atomic E-state index is 0.118. The molecule has 1 atom stereocenters. The summed E-state index contributed by atoms with van der Waals surface area (Å²) in [6.45, 7) is 0.938. The molecule has 2 aliphatic rings. The van der Waals surface area contributed by atoms with Crippen LogP contribution in [0.25, 0.3) is 0 Å². The minimum Gasteiger partial charge on any atom is -0.467 e. The molecule has 1 amide bonds. The van der Waals surface area contributed by atoms with Gasteiger partial charge in [0.15, 0.2) is 0 Å². The van der Waals surface area contributed by atoms with Gasteiger partial charge in [-0.05, 0) is 30.5 Å². The van der Waals surface area contributed by atoms with Crippen LogP contribution in [0.5, 0.6) is 0 Å². The summed E-state index contributed by atoms with van der Waals surface area (Å²) in [6.07, 6.45) is -2.83. The van der Waals surface area contributed by atoms with Crippen molar-refractivity contribution in [3.8, 4) is 0 Å². The molecule has 1 aliphatic carbocycles. The SMILES string of the molecule is COC(=O)[C@H](Cc1ccc(C(F)(F)F)cc1)N1CCNC2(CC2)C1=O. The molecule has 0 radical (unpaired) electrons. The number of piperazine rings is 1. The van der Waals surface area contributed by atoms with Crippen LogP contribution in [0.15, 0.2) is 24.3 Å². The van der Waals surface area contributed by atoms with Crippen molar-refractivity contribution < 1.29 is 27.5 Å². The van der Waals surface area contributed by atoms with Crippen molar-refractivity contribution in [3.63, 3.8) is 0 Å². The third kappa shape index (κ3) is 3.49. The first-order valence-corrected chi connectivity index (χ1v) is 8.07. The van der Waals surface area contributed by atoms with E-state index >= 15 is 0 Å². The molecule has 1 saturated carbocycles. The Balaban J connectivity index is 1.80. The zero-order valence-electron chi connectivity index (χ0n) is 13.7. The van der Waals surface area contributed by atoms with E-state index < -0.39 is 29.3 Å². The van der Waals surface area contributed by atoms with Gasteiger partial charge in [-0.3, -0.25) is 4.79 Å². The molecule has 3 rings (SSSR count). The molecular weight excluding hydrogens is 337 g/mol. The maximum absolute atomic E-state index is 12.7. The van der Waals surface area contributed by atoms with Crippen LogP contribution in [-0.2, 0) is 26.9 Å². The number of esters is 1. The van der Waals surface area contributed by atoms with E-state index in [0.29, 0.717) is 18.7 Å². The highest BCUT2D eigenvalue weighted by atomic mass is 19.4. The van der Waals surface area contributed by atoms with Gasteiger partial charge in [0.05, 0.1) is 18.2 Å². The molecule has 0 unspecified atom stereocenters. The van der Waals surface area contributed by atoms with E-state index in [4.69, 9.17) is 4.74 Å². The average molecular weight is 356 g/mol. The molecule has 1 aromatic carbocycles. The lowest BCUT2D eigenvalue weighted by Crippen LogP contribution is -2.61. The summed E-state index contributed by atoms with van der Waals surface area (Å²) in [5.41, 5.74) is -0.773. The summed E-state index contributed by atoms with van der Waals surface area (Å²) in [4.78, 5) is 26.3. The van der Waals surface area contributed by atoms with Crippen molar-refractivity contribution in [2.45, 2.75) is 37.0 Å². The van der Waals surface area contributed by atoms with Crippen molar-refractivity contribution in [1.82, 2.24) is 10.2 Å². The standard InChI is InChI=1S/C17H19F3N2O3/c1-25-14(23)13(22-9-8-21-16(6-7-16)15(22)24)10-11-2-4-12(5-3-11)17(18,19)20/h2-5,13,21H,6-10H2,1H3/t13-/m0/s1. The fraction of sp³-hybridized carbons (Fsp3) is 0.529.